The highest BCUT2D eigenvalue weighted by Crippen LogP contribution is 2.39. The van der Waals surface area contributed by atoms with E-state index in [1.54, 1.807) is 5.56 Å². The van der Waals surface area contributed by atoms with Gasteiger partial charge in [-0.15, -0.1) is 0 Å². The molecule has 2 aromatic carbocycles. The Bertz CT molecular complexity index is 982. The zero-order valence-corrected chi connectivity index (χ0v) is 16.2. The Labute approximate surface area is 161 Å². The second-order valence-electron chi connectivity index (χ2n) is 8.70. The Kier molecular flexibility index (Phi) is 4.17. The summed E-state index contributed by atoms with van der Waals surface area (Å²) in [5, 5.41) is 1.43. The Hall–Kier alpha value is -2.32. The van der Waals surface area contributed by atoms with E-state index in [1.807, 2.05) is 0 Å². The zero-order chi connectivity index (χ0) is 18.3. The monoisotopic (exact) mass is 356 g/mol. The van der Waals surface area contributed by atoms with Crippen molar-refractivity contribution in [2.75, 3.05) is 19.6 Å². The summed E-state index contributed by atoms with van der Waals surface area (Å²) in [5.74, 6) is 0. The van der Waals surface area contributed by atoms with Crippen LogP contribution in [0.15, 0.2) is 60.7 Å². The molecule has 0 spiro atoms. The van der Waals surface area contributed by atoms with Crippen LogP contribution in [0.1, 0.15) is 36.6 Å². The molecule has 1 N–H and O–H groups in total. The third-order valence-corrected chi connectivity index (χ3v) is 6.53. The smallest absolute Gasteiger partial charge is 0.0458 e. The Morgan fingerprint density at radius 3 is 2.63 bits per heavy atom. The molecule has 1 unspecified atom stereocenters. The first-order valence-electron chi connectivity index (χ1n) is 10.3. The molecule has 1 atom stereocenters. The van der Waals surface area contributed by atoms with Gasteiger partial charge in [0.05, 0.1) is 0 Å². The first-order valence-corrected chi connectivity index (χ1v) is 10.3. The van der Waals surface area contributed by atoms with Crippen molar-refractivity contribution in [1.82, 2.24) is 9.88 Å². The Morgan fingerprint density at radius 2 is 1.81 bits per heavy atom. The number of hydrogen-bond donors (Lipinski definition) is 1. The number of benzene rings is 2. The van der Waals surface area contributed by atoms with Crippen LogP contribution in [0.4, 0.5) is 0 Å². The van der Waals surface area contributed by atoms with Crippen molar-refractivity contribution in [3.63, 3.8) is 0 Å². The van der Waals surface area contributed by atoms with Crippen molar-refractivity contribution in [2.45, 2.75) is 32.6 Å². The fourth-order valence-electron chi connectivity index (χ4n) is 5.06. The third kappa shape index (κ3) is 3.23. The van der Waals surface area contributed by atoms with Crippen LogP contribution in [0.2, 0.25) is 0 Å². The van der Waals surface area contributed by atoms with Crippen LogP contribution in [0.5, 0.6) is 0 Å². The molecule has 2 heteroatoms. The number of H-pyrrole nitrogens is 1. The zero-order valence-electron chi connectivity index (χ0n) is 16.2. The van der Waals surface area contributed by atoms with Crippen molar-refractivity contribution >= 4 is 16.5 Å². The van der Waals surface area contributed by atoms with Gasteiger partial charge in [0.1, 0.15) is 0 Å². The molecule has 0 saturated heterocycles. The van der Waals surface area contributed by atoms with Gasteiger partial charge < -0.3 is 4.98 Å². The SMILES string of the molecule is CC1(CN2CC=C(c3ccccc3)CC2)CCc2[nH]c3ccccc3c2C1. The van der Waals surface area contributed by atoms with Gasteiger partial charge >= 0.3 is 0 Å². The average molecular weight is 357 g/mol. The largest absolute Gasteiger partial charge is 0.358 e. The molecule has 1 aliphatic heterocycles. The summed E-state index contributed by atoms with van der Waals surface area (Å²) in [7, 11) is 0. The predicted molar refractivity (Wildman–Crippen MR) is 114 cm³/mol. The van der Waals surface area contributed by atoms with Gasteiger partial charge in [-0.3, -0.25) is 4.90 Å². The molecular weight excluding hydrogens is 328 g/mol. The summed E-state index contributed by atoms with van der Waals surface area (Å²) in [6, 6.07) is 19.7. The summed E-state index contributed by atoms with van der Waals surface area (Å²) in [4.78, 5) is 6.32. The number of nitrogens with zero attached hydrogens (tertiary/aromatic N) is 1. The van der Waals surface area contributed by atoms with Crippen molar-refractivity contribution < 1.29 is 0 Å². The molecule has 3 aromatic rings. The minimum absolute atomic E-state index is 0.371. The van der Waals surface area contributed by atoms with Gasteiger partial charge in [0, 0.05) is 36.2 Å². The molecule has 0 radical (unpaired) electrons. The van der Waals surface area contributed by atoms with E-state index >= 15 is 0 Å². The highest BCUT2D eigenvalue weighted by Gasteiger charge is 2.33. The number of para-hydroxylation sites is 1. The van der Waals surface area contributed by atoms with Gasteiger partial charge in [-0.25, -0.2) is 0 Å². The topological polar surface area (TPSA) is 19.0 Å². The number of aromatic amines is 1. The van der Waals surface area contributed by atoms with Gasteiger partial charge in [0.15, 0.2) is 0 Å². The van der Waals surface area contributed by atoms with Crippen molar-refractivity contribution in [2.24, 2.45) is 5.41 Å². The van der Waals surface area contributed by atoms with Crippen LogP contribution < -0.4 is 0 Å². The molecular formula is C25H28N2. The maximum absolute atomic E-state index is 3.66. The summed E-state index contributed by atoms with van der Waals surface area (Å²) >= 11 is 0. The molecule has 0 fully saturated rings. The maximum Gasteiger partial charge on any atom is 0.0458 e. The van der Waals surface area contributed by atoms with Crippen LogP contribution in [-0.2, 0) is 12.8 Å². The lowest BCUT2D eigenvalue weighted by molar-refractivity contribution is 0.157. The normalized spacial score (nSPS) is 23.2. The fraction of sp³-hybridized carbons (Fsp3) is 0.360. The van der Waals surface area contributed by atoms with Crippen LogP contribution in [0, 0.1) is 5.41 Å². The van der Waals surface area contributed by atoms with Gasteiger partial charge in [0.25, 0.3) is 0 Å². The molecule has 0 saturated carbocycles. The van der Waals surface area contributed by atoms with Crippen LogP contribution in [0.25, 0.3) is 16.5 Å². The summed E-state index contributed by atoms with van der Waals surface area (Å²) in [6.07, 6.45) is 7.26. The molecule has 0 bridgehead atoms. The molecule has 1 aliphatic carbocycles. The van der Waals surface area contributed by atoms with E-state index in [9.17, 15) is 0 Å². The minimum Gasteiger partial charge on any atom is -0.358 e. The predicted octanol–water partition coefficient (Wildman–Crippen LogP) is 5.45. The van der Waals surface area contributed by atoms with Gasteiger partial charge in [-0.1, -0.05) is 61.5 Å². The highest BCUT2D eigenvalue weighted by molar-refractivity contribution is 5.85. The van der Waals surface area contributed by atoms with Crippen LogP contribution >= 0.6 is 0 Å². The van der Waals surface area contributed by atoms with E-state index in [2.05, 4.69) is 77.5 Å². The lowest BCUT2D eigenvalue weighted by atomic mass is 9.73. The molecule has 0 amide bonds. The second kappa shape index (κ2) is 6.69. The number of aryl methyl sites for hydroxylation is 1. The van der Waals surface area contributed by atoms with Crippen molar-refractivity contribution in [1.29, 1.82) is 0 Å². The average Bonchev–Trinajstić information content (AvgIpc) is 3.07. The van der Waals surface area contributed by atoms with Gasteiger partial charge in [-0.2, -0.15) is 0 Å². The first kappa shape index (κ1) is 16.8. The van der Waals surface area contributed by atoms with Crippen molar-refractivity contribution in [3.05, 3.63) is 77.5 Å². The molecule has 27 heavy (non-hydrogen) atoms. The van der Waals surface area contributed by atoms with E-state index in [4.69, 9.17) is 0 Å². The molecule has 2 heterocycles. The third-order valence-electron chi connectivity index (χ3n) is 6.53. The minimum atomic E-state index is 0.371. The van der Waals surface area contributed by atoms with E-state index in [0.29, 0.717) is 5.41 Å². The molecule has 1 aromatic heterocycles. The van der Waals surface area contributed by atoms with E-state index < -0.39 is 0 Å². The van der Waals surface area contributed by atoms with Gasteiger partial charge in [0.2, 0.25) is 0 Å². The van der Waals surface area contributed by atoms with E-state index in [1.165, 1.54) is 66.5 Å². The number of rotatable bonds is 3. The quantitative estimate of drug-likeness (QED) is 0.661. The summed E-state index contributed by atoms with van der Waals surface area (Å²) < 4.78 is 0. The lowest BCUT2D eigenvalue weighted by Gasteiger charge is -2.39. The van der Waals surface area contributed by atoms with Crippen molar-refractivity contribution in [3.8, 4) is 0 Å². The number of aromatic nitrogens is 1. The summed E-state index contributed by atoms with van der Waals surface area (Å²) in [5.41, 5.74) is 7.62. The molecule has 2 nitrogen and oxygen atoms in total. The number of hydrogen-bond acceptors (Lipinski definition) is 1. The summed E-state index contributed by atoms with van der Waals surface area (Å²) in [6.45, 7) is 5.95. The van der Waals surface area contributed by atoms with Gasteiger partial charge in [-0.05, 0) is 53.9 Å². The fourth-order valence-corrected chi connectivity index (χ4v) is 5.06. The standard InChI is InChI=1S/C25H28N2/c1-25(14-11-24-22(17-25)21-9-5-6-10-23(21)26-24)18-27-15-12-20(13-16-27)19-7-3-2-4-8-19/h2-10,12,26H,11,13-18H2,1H3. The lowest BCUT2D eigenvalue weighted by Crippen LogP contribution is -2.41. The Balaban J connectivity index is 1.31. The highest BCUT2D eigenvalue weighted by atomic mass is 15.1. The van der Waals surface area contributed by atoms with E-state index in [-0.39, 0.29) is 0 Å². The van der Waals surface area contributed by atoms with Crippen LogP contribution in [0.3, 0.4) is 0 Å². The Morgan fingerprint density at radius 1 is 1.00 bits per heavy atom. The first-order chi connectivity index (χ1) is 13.2. The maximum atomic E-state index is 3.66. The van der Waals surface area contributed by atoms with Crippen LogP contribution in [-0.4, -0.2) is 29.5 Å². The van der Waals surface area contributed by atoms with E-state index in [0.717, 1.165) is 6.54 Å². The number of nitrogens with one attached hydrogen (secondary N) is 1. The molecule has 138 valence electrons. The molecule has 5 rings (SSSR count). The molecule has 2 aliphatic rings. The number of fused-ring (bicyclic) bond motifs is 3. The second-order valence-corrected chi connectivity index (χ2v) is 8.70.